The van der Waals surface area contributed by atoms with Crippen LogP contribution in [-0.2, 0) is 0 Å². The summed E-state index contributed by atoms with van der Waals surface area (Å²) in [6.45, 7) is 0. The molecular formula is C15H12N2O2S. The zero-order chi connectivity index (χ0) is 13.9. The summed E-state index contributed by atoms with van der Waals surface area (Å²) in [6.07, 6.45) is 0. The lowest BCUT2D eigenvalue weighted by Crippen LogP contribution is -2.21. The molecular weight excluding hydrogens is 272 g/mol. The molecule has 3 rings (SSSR count). The second-order valence-corrected chi connectivity index (χ2v) is 4.52. The molecule has 0 aliphatic carbocycles. The fourth-order valence-electron chi connectivity index (χ4n) is 1.83. The van der Waals surface area contributed by atoms with Crippen LogP contribution in [0.3, 0.4) is 0 Å². The maximum atomic E-state index is 5.76. The van der Waals surface area contributed by atoms with Crippen molar-refractivity contribution in [2.75, 3.05) is 7.05 Å². The van der Waals surface area contributed by atoms with Gasteiger partial charge >= 0.3 is 0 Å². The summed E-state index contributed by atoms with van der Waals surface area (Å²) in [5, 5.41) is 3.07. The molecule has 5 heteroatoms. The van der Waals surface area contributed by atoms with Gasteiger partial charge in [-0.15, -0.1) is 0 Å². The van der Waals surface area contributed by atoms with E-state index >= 15 is 0 Å². The van der Waals surface area contributed by atoms with Crippen molar-refractivity contribution >= 4 is 28.5 Å². The Labute approximate surface area is 121 Å². The molecule has 0 aliphatic rings. The molecule has 1 N–H and O–H groups in total. The molecule has 0 unspecified atom stereocenters. The molecule has 0 saturated heterocycles. The summed E-state index contributed by atoms with van der Waals surface area (Å²) in [6, 6.07) is 15.2. The first-order chi connectivity index (χ1) is 9.76. The third kappa shape index (κ3) is 2.48. The van der Waals surface area contributed by atoms with E-state index in [0.717, 1.165) is 11.1 Å². The molecule has 0 radical (unpaired) electrons. The molecule has 0 saturated carbocycles. The van der Waals surface area contributed by atoms with Crippen molar-refractivity contribution in [1.82, 2.24) is 10.3 Å². The maximum absolute atomic E-state index is 5.76. The Kier molecular flexibility index (Phi) is 3.35. The van der Waals surface area contributed by atoms with Gasteiger partial charge in [0.1, 0.15) is 11.3 Å². The molecule has 0 atom stereocenters. The van der Waals surface area contributed by atoms with Gasteiger partial charge in [0.05, 0.1) is 0 Å². The lowest BCUT2D eigenvalue weighted by atomic mass is 10.2. The van der Waals surface area contributed by atoms with Crippen molar-refractivity contribution in [1.29, 1.82) is 0 Å². The topological polar surface area (TPSA) is 47.3 Å². The average molecular weight is 284 g/mol. The van der Waals surface area contributed by atoms with E-state index in [1.54, 1.807) is 13.1 Å². The fraction of sp³-hybridized carbons (Fsp3) is 0.0667. The van der Waals surface area contributed by atoms with E-state index in [0.29, 0.717) is 22.4 Å². The summed E-state index contributed by atoms with van der Waals surface area (Å²) in [5.74, 6) is 1.21. The highest BCUT2D eigenvalue weighted by Gasteiger charge is 2.09. The smallest absolute Gasteiger partial charge is 0.261 e. The number of hydrogen-bond donors (Lipinski definition) is 1. The summed E-state index contributed by atoms with van der Waals surface area (Å²) in [7, 11) is 1.71. The lowest BCUT2D eigenvalue weighted by Gasteiger charge is -2.04. The number of nitrogens with zero attached hydrogens (tertiary/aromatic N) is 1. The van der Waals surface area contributed by atoms with Gasteiger partial charge in [0.25, 0.3) is 5.17 Å². The Bertz CT molecular complexity index is 753. The number of rotatable bonds is 2. The van der Waals surface area contributed by atoms with Crippen molar-refractivity contribution in [3.63, 3.8) is 0 Å². The monoisotopic (exact) mass is 284 g/mol. The van der Waals surface area contributed by atoms with Crippen LogP contribution in [0.5, 0.6) is 5.75 Å². The number of benzene rings is 2. The zero-order valence-electron chi connectivity index (χ0n) is 10.8. The number of fused-ring (bicyclic) bond motifs is 1. The Morgan fingerprint density at radius 3 is 2.75 bits per heavy atom. The Hall–Kier alpha value is -2.40. The number of nitrogens with one attached hydrogen (secondary N) is 1. The minimum atomic E-state index is 0.312. The third-order valence-corrected chi connectivity index (χ3v) is 3.08. The molecule has 0 bridgehead atoms. The van der Waals surface area contributed by atoms with Crippen LogP contribution in [0.1, 0.15) is 0 Å². The van der Waals surface area contributed by atoms with E-state index in [4.69, 9.17) is 21.4 Å². The van der Waals surface area contributed by atoms with Crippen molar-refractivity contribution < 1.29 is 9.15 Å². The SMILES string of the molecule is CNC(=S)Oc1ccc2nc(-c3ccccc3)oc2c1. The van der Waals surface area contributed by atoms with Crippen LogP contribution < -0.4 is 10.1 Å². The van der Waals surface area contributed by atoms with Crippen LogP contribution in [0.15, 0.2) is 52.9 Å². The highest BCUT2D eigenvalue weighted by Crippen LogP contribution is 2.26. The zero-order valence-corrected chi connectivity index (χ0v) is 11.6. The first kappa shape index (κ1) is 12.6. The van der Waals surface area contributed by atoms with Crippen molar-refractivity contribution in [3.05, 3.63) is 48.5 Å². The van der Waals surface area contributed by atoms with Crippen LogP contribution in [-0.4, -0.2) is 17.2 Å². The van der Waals surface area contributed by atoms with Gasteiger partial charge in [-0.3, -0.25) is 0 Å². The van der Waals surface area contributed by atoms with Gasteiger partial charge in [-0.2, -0.15) is 0 Å². The Balaban J connectivity index is 1.97. The molecule has 1 heterocycles. The molecule has 0 fully saturated rings. The molecule has 0 aliphatic heterocycles. The van der Waals surface area contributed by atoms with Crippen LogP contribution >= 0.6 is 12.2 Å². The first-order valence-corrected chi connectivity index (χ1v) is 6.52. The second-order valence-electron chi connectivity index (χ2n) is 4.15. The fourth-order valence-corrected chi connectivity index (χ4v) is 1.93. The van der Waals surface area contributed by atoms with Gasteiger partial charge in [-0.05, 0) is 36.5 Å². The maximum Gasteiger partial charge on any atom is 0.261 e. The van der Waals surface area contributed by atoms with Gasteiger partial charge in [0.15, 0.2) is 5.58 Å². The number of ether oxygens (including phenoxy) is 1. The largest absolute Gasteiger partial charge is 0.436 e. The number of hydrogen-bond acceptors (Lipinski definition) is 4. The van der Waals surface area contributed by atoms with Crippen molar-refractivity contribution in [3.8, 4) is 17.2 Å². The average Bonchev–Trinajstić information content (AvgIpc) is 2.91. The van der Waals surface area contributed by atoms with Gasteiger partial charge in [-0.1, -0.05) is 18.2 Å². The van der Waals surface area contributed by atoms with Crippen LogP contribution in [0, 0.1) is 0 Å². The van der Waals surface area contributed by atoms with Gasteiger partial charge < -0.3 is 14.5 Å². The Morgan fingerprint density at radius 2 is 2.00 bits per heavy atom. The molecule has 0 spiro atoms. The summed E-state index contributed by atoms with van der Waals surface area (Å²) < 4.78 is 11.2. The lowest BCUT2D eigenvalue weighted by molar-refractivity contribution is 0.539. The highest BCUT2D eigenvalue weighted by atomic mass is 32.1. The minimum absolute atomic E-state index is 0.312. The van der Waals surface area contributed by atoms with Gasteiger partial charge in [-0.25, -0.2) is 4.98 Å². The quantitative estimate of drug-likeness (QED) is 0.731. The standard InChI is InChI=1S/C15H12N2O2S/c1-16-15(20)18-11-7-8-12-13(9-11)19-14(17-12)10-5-3-2-4-6-10/h2-9H,1H3,(H,16,20). The second kappa shape index (κ2) is 5.30. The minimum Gasteiger partial charge on any atom is -0.436 e. The van der Waals surface area contributed by atoms with E-state index in [9.17, 15) is 0 Å². The molecule has 1 aromatic heterocycles. The molecule has 2 aromatic carbocycles. The van der Waals surface area contributed by atoms with Crippen LogP contribution in [0.2, 0.25) is 0 Å². The molecule has 20 heavy (non-hydrogen) atoms. The van der Waals surface area contributed by atoms with Gasteiger partial charge in [0.2, 0.25) is 5.89 Å². The first-order valence-electron chi connectivity index (χ1n) is 6.12. The molecule has 0 amide bonds. The van der Waals surface area contributed by atoms with Crippen LogP contribution in [0.4, 0.5) is 0 Å². The third-order valence-electron chi connectivity index (χ3n) is 2.80. The number of aromatic nitrogens is 1. The van der Waals surface area contributed by atoms with E-state index in [1.807, 2.05) is 42.5 Å². The molecule has 4 nitrogen and oxygen atoms in total. The predicted octanol–water partition coefficient (Wildman–Crippen LogP) is 3.38. The van der Waals surface area contributed by atoms with E-state index in [-0.39, 0.29) is 0 Å². The highest BCUT2D eigenvalue weighted by molar-refractivity contribution is 7.80. The van der Waals surface area contributed by atoms with Gasteiger partial charge in [0, 0.05) is 18.7 Å². The number of oxazole rings is 1. The summed E-state index contributed by atoms with van der Waals surface area (Å²) >= 11 is 4.96. The molecule has 3 aromatic rings. The van der Waals surface area contributed by atoms with E-state index < -0.39 is 0 Å². The number of thiocarbonyl (C=S) groups is 1. The van der Waals surface area contributed by atoms with Crippen molar-refractivity contribution in [2.45, 2.75) is 0 Å². The normalized spacial score (nSPS) is 10.4. The van der Waals surface area contributed by atoms with Crippen LogP contribution in [0.25, 0.3) is 22.6 Å². The Morgan fingerprint density at radius 1 is 1.20 bits per heavy atom. The van der Waals surface area contributed by atoms with E-state index in [2.05, 4.69) is 10.3 Å². The summed E-state index contributed by atoms with van der Waals surface area (Å²) in [4.78, 5) is 4.45. The van der Waals surface area contributed by atoms with E-state index in [1.165, 1.54) is 0 Å². The van der Waals surface area contributed by atoms with Crippen molar-refractivity contribution in [2.24, 2.45) is 0 Å². The summed E-state index contributed by atoms with van der Waals surface area (Å²) in [5.41, 5.74) is 2.39. The predicted molar refractivity (Wildman–Crippen MR) is 81.7 cm³/mol. The molecule has 100 valence electrons.